The van der Waals surface area contributed by atoms with Gasteiger partial charge >= 0.3 is 0 Å². The fraction of sp³-hybridized carbons (Fsp3) is 0.500. The van der Waals surface area contributed by atoms with Crippen molar-refractivity contribution in [1.82, 2.24) is 5.32 Å². The summed E-state index contributed by atoms with van der Waals surface area (Å²) in [5.74, 6) is 0.0647. The van der Waals surface area contributed by atoms with E-state index in [1.807, 2.05) is 52.0 Å². The topological polar surface area (TPSA) is 55.1 Å². The fourth-order valence-electron chi connectivity index (χ4n) is 1.76. The third-order valence-electron chi connectivity index (χ3n) is 3.03. The first-order chi connectivity index (χ1) is 7.93. The molecule has 0 radical (unpaired) electrons. The van der Waals surface area contributed by atoms with Crippen LogP contribution in [0.1, 0.15) is 37.9 Å². The number of nitrogens with one attached hydrogen (secondary N) is 1. The minimum absolute atomic E-state index is 0.00602. The normalized spacial score (nSPS) is 14.5. The number of rotatable bonds is 4. The molecule has 1 amide bonds. The molecule has 0 fully saturated rings. The molecule has 17 heavy (non-hydrogen) atoms. The van der Waals surface area contributed by atoms with E-state index in [0.717, 1.165) is 5.56 Å². The van der Waals surface area contributed by atoms with E-state index in [2.05, 4.69) is 5.32 Å². The first kappa shape index (κ1) is 13.7. The highest BCUT2D eigenvalue weighted by molar-refractivity contribution is 5.82. The van der Waals surface area contributed by atoms with Gasteiger partial charge in [-0.15, -0.1) is 0 Å². The summed E-state index contributed by atoms with van der Waals surface area (Å²) in [6, 6.07) is 7.59. The number of carbonyl (C=O) groups is 1. The number of nitrogens with two attached hydrogens (primary N) is 1. The van der Waals surface area contributed by atoms with Gasteiger partial charge in [0.05, 0.1) is 12.1 Å². The summed E-state index contributed by atoms with van der Waals surface area (Å²) in [4.78, 5) is 11.8. The van der Waals surface area contributed by atoms with Crippen LogP contribution in [0.5, 0.6) is 0 Å². The van der Waals surface area contributed by atoms with Gasteiger partial charge in [-0.05, 0) is 30.9 Å². The molecular weight excluding hydrogens is 212 g/mol. The number of aryl methyl sites for hydroxylation is 1. The van der Waals surface area contributed by atoms with E-state index >= 15 is 0 Å². The molecule has 3 nitrogen and oxygen atoms in total. The van der Waals surface area contributed by atoms with Crippen LogP contribution in [-0.2, 0) is 4.79 Å². The second kappa shape index (κ2) is 5.82. The van der Waals surface area contributed by atoms with E-state index in [-0.39, 0.29) is 17.9 Å². The monoisotopic (exact) mass is 234 g/mol. The molecule has 0 aliphatic rings. The van der Waals surface area contributed by atoms with Gasteiger partial charge in [0.15, 0.2) is 0 Å². The van der Waals surface area contributed by atoms with Gasteiger partial charge in [0, 0.05) is 0 Å². The van der Waals surface area contributed by atoms with Crippen LogP contribution in [0.15, 0.2) is 24.3 Å². The molecule has 1 aromatic carbocycles. The standard InChI is InChI=1S/C14H22N2O/c1-9(2)13(15)14(17)16-11(4)12-8-6-5-7-10(12)3/h5-9,11,13H,15H2,1-4H3,(H,16,17). The SMILES string of the molecule is Cc1ccccc1C(C)NC(=O)C(N)C(C)C. The molecule has 0 saturated heterocycles. The van der Waals surface area contributed by atoms with E-state index in [0.29, 0.717) is 0 Å². The zero-order valence-electron chi connectivity index (χ0n) is 11.0. The van der Waals surface area contributed by atoms with E-state index in [9.17, 15) is 4.79 Å². The molecule has 1 rings (SSSR count). The van der Waals surface area contributed by atoms with E-state index in [1.165, 1.54) is 5.56 Å². The lowest BCUT2D eigenvalue weighted by Crippen LogP contribution is -2.44. The van der Waals surface area contributed by atoms with Crippen LogP contribution >= 0.6 is 0 Å². The lowest BCUT2D eigenvalue weighted by Gasteiger charge is -2.21. The molecule has 2 atom stereocenters. The number of carbonyl (C=O) groups excluding carboxylic acids is 1. The fourth-order valence-corrected chi connectivity index (χ4v) is 1.76. The Morgan fingerprint density at radius 1 is 1.24 bits per heavy atom. The van der Waals surface area contributed by atoms with Gasteiger partial charge in [-0.25, -0.2) is 0 Å². The van der Waals surface area contributed by atoms with Crippen molar-refractivity contribution in [1.29, 1.82) is 0 Å². The minimum atomic E-state index is -0.443. The highest BCUT2D eigenvalue weighted by Crippen LogP contribution is 2.16. The summed E-state index contributed by atoms with van der Waals surface area (Å²) >= 11 is 0. The van der Waals surface area contributed by atoms with Crippen molar-refractivity contribution in [3.05, 3.63) is 35.4 Å². The number of amides is 1. The van der Waals surface area contributed by atoms with Gasteiger partial charge in [0.1, 0.15) is 0 Å². The van der Waals surface area contributed by atoms with Crippen molar-refractivity contribution in [2.45, 2.75) is 39.8 Å². The van der Waals surface area contributed by atoms with Crippen LogP contribution in [-0.4, -0.2) is 11.9 Å². The lowest BCUT2D eigenvalue weighted by atomic mass is 10.0. The number of benzene rings is 1. The first-order valence-corrected chi connectivity index (χ1v) is 6.05. The third-order valence-corrected chi connectivity index (χ3v) is 3.03. The molecule has 1 aromatic rings. The maximum absolute atomic E-state index is 11.8. The Balaban J connectivity index is 2.70. The van der Waals surface area contributed by atoms with Crippen molar-refractivity contribution in [3.8, 4) is 0 Å². The summed E-state index contributed by atoms with van der Waals surface area (Å²) in [6.45, 7) is 7.92. The van der Waals surface area contributed by atoms with Crippen LogP contribution in [0, 0.1) is 12.8 Å². The van der Waals surface area contributed by atoms with Crippen molar-refractivity contribution < 1.29 is 4.79 Å². The second-order valence-corrected chi connectivity index (χ2v) is 4.86. The molecule has 0 saturated carbocycles. The highest BCUT2D eigenvalue weighted by atomic mass is 16.2. The number of hydrogen-bond acceptors (Lipinski definition) is 2. The van der Waals surface area contributed by atoms with Crippen molar-refractivity contribution in [2.75, 3.05) is 0 Å². The Labute approximate surface area is 103 Å². The Bertz CT molecular complexity index is 388. The maximum Gasteiger partial charge on any atom is 0.237 e. The lowest BCUT2D eigenvalue weighted by molar-refractivity contribution is -0.123. The van der Waals surface area contributed by atoms with Gasteiger partial charge in [-0.3, -0.25) is 4.79 Å². The Morgan fingerprint density at radius 2 is 1.82 bits per heavy atom. The summed E-state index contributed by atoms with van der Waals surface area (Å²) < 4.78 is 0. The number of hydrogen-bond donors (Lipinski definition) is 2. The van der Waals surface area contributed by atoms with Gasteiger partial charge in [-0.1, -0.05) is 38.1 Å². The van der Waals surface area contributed by atoms with Gasteiger partial charge in [-0.2, -0.15) is 0 Å². The minimum Gasteiger partial charge on any atom is -0.348 e. The predicted octanol–water partition coefficient (Wildman–Crippen LogP) is 2.16. The Kier molecular flexibility index (Phi) is 4.70. The zero-order chi connectivity index (χ0) is 13.0. The molecule has 2 unspecified atom stereocenters. The molecule has 0 bridgehead atoms. The molecule has 0 heterocycles. The Morgan fingerprint density at radius 3 is 2.35 bits per heavy atom. The van der Waals surface area contributed by atoms with Crippen LogP contribution in [0.25, 0.3) is 0 Å². The van der Waals surface area contributed by atoms with E-state index < -0.39 is 6.04 Å². The average Bonchev–Trinajstić information content (AvgIpc) is 2.28. The molecule has 0 aromatic heterocycles. The quantitative estimate of drug-likeness (QED) is 0.838. The highest BCUT2D eigenvalue weighted by Gasteiger charge is 2.19. The van der Waals surface area contributed by atoms with E-state index in [4.69, 9.17) is 5.73 Å². The molecule has 0 aliphatic heterocycles. The Hall–Kier alpha value is -1.35. The molecule has 0 aliphatic carbocycles. The molecular formula is C14H22N2O. The third kappa shape index (κ3) is 3.56. The van der Waals surface area contributed by atoms with Crippen molar-refractivity contribution in [2.24, 2.45) is 11.7 Å². The summed E-state index contributed by atoms with van der Waals surface area (Å²) in [5.41, 5.74) is 8.13. The van der Waals surface area contributed by atoms with Crippen molar-refractivity contribution in [3.63, 3.8) is 0 Å². The summed E-state index contributed by atoms with van der Waals surface area (Å²) in [6.07, 6.45) is 0. The van der Waals surface area contributed by atoms with Crippen LogP contribution in [0.3, 0.4) is 0 Å². The molecule has 94 valence electrons. The van der Waals surface area contributed by atoms with E-state index in [1.54, 1.807) is 0 Å². The molecule has 0 spiro atoms. The van der Waals surface area contributed by atoms with Crippen LogP contribution in [0.2, 0.25) is 0 Å². The zero-order valence-corrected chi connectivity index (χ0v) is 11.0. The van der Waals surface area contributed by atoms with Gasteiger partial charge < -0.3 is 11.1 Å². The molecule has 3 heteroatoms. The van der Waals surface area contributed by atoms with Crippen molar-refractivity contribution >= 4 is 5.91 Å². The first-order valence-electron chi connectivity index (χ1n) is 6.05. The average molecular weight is 234 g/mol. The molecule has 3 N–H and O–H groups in total. The summed E-state index contributed by atoms with van der Waals surface area (Å²) in [5, 5.41) is 2.95. The van der Waals surface area contributed by atoms with Gasteiger partial charge in [0.25, 0.3) is 0 Å². The smallest absolute Gasteiger partial charge is 0.237 e. The van der Waals surface area contributed by atoms with Crippen LogP contribution in [0.4, 0.5) is 0 Å². The summed E-state index contributed by atoms with van der Waals surface area (Å²) in [7, 11) is 0. The van der Waals surface area contributed by atoms with Gasteiger partial charge in [0.2, 0.25) is 5.91 Å². The maximum atomic E-state index is 11.8. The van der Waals surface area contributed by atoms with Crippen LogP contribution < -0.4 is 11.1 Å². The predicted molar refractivity (Wildman–Crippen MR) is 70.6 cm³/mol. The second-order valence-electron chi connectivity index (χ2n) is 4.86. The largest absolute Gasteiger partial charge is 0.348 e.